The van der Waals surface area contributed by atoms with Gasteiger partial charge in [-0.3, -0.25) is 19.0 Å². The molecule has 2 aliphatic rings. The number of likely N-dealkylation sites (N-methyl/N-ethyl adjacent to an activating group) is 1. The molecule has 2 aliphatic heterocycles. The molecule has 1 N–H and O–H groups in total. The molecule has 236 valence electrons. The maximum Gasteiger partial charge on any atom is 0.261 e. The largest absolute Gasteiger partial charge is 0.346 e. The summed E-state index contributed by atoms with van der Waals surface area (Å²) in [6.45, 7) is 3.32. The molecule has 2 aromatic heterocycles. The highest BCUT2D eigenvalue weighted by Gasteiger charge is 2.54. The molecule has 0 saturated carbocycles. The highest BCUT2D eigenvalue weighted by molar-refractivity contribution is 5.89. The maximum atomic E-state index is 14.3. The molecule has 3 aromatic carbocycles. The van der Waals surface area contributed by atoms with Crippen LogP contribution in [0.4, 0.5) is 0 Å². The number of aromatic amines is 1. The molecule has 0 bridgehead atoms. The number of nitrogens with zero attached hydrogens (tertiary/aromatic N) is 7. The molecule has 2 saturated heterocycles. The van der Waals surface area contributed by atoms with Gasteiger partial charge in [0.2, 0.25) is 5.82 Å². The number of tetrazole rings is 1. The lowest BCUT2D eigenvalue weighted by Gasteiger charge is -2.31. The van der Waals surface area contributed by atoms with Crippen LogP contribution in [0.2, 0.25) is 0 Å². The van der Waals surface area contributed by atoms with Gasteiger partial charge < -0.3 is 4.90 Å². The summed E-state index contributed by atoms with van der Waals surface area (Å²) in [7, 11) is 3.50. The second kappa shape index (κ2) is 12.2. The average molecular weight is 619 g/mol. The smallest absolute Gasteiger partial charge is 0.261 e. The van der Waals surface area contributed by atoms with Gasteiger partial charge >= 0.3 is 0 Å². The molecule has 0 aliphatic carbocycles. The lowest BCUT2D eigenvalue weighted by Crippen LogP contribution is -2.44. The van der Waals surface area contributed by atoms with Gasteiger partial charge in [-0.15, -0.1) is 10.2 Å². The van der Waals surface area contributed by atoms with Crippen molar-refractivity contribution in [1.29, 1.82) is 0 Å². The number of H-pyrrole nitrogens is 1. The Hall–Kier alpha value is -4.74. The topological polar surface area (TPSA) is 122 Å². The standard InChI is InChI=1S/C35H38N8O3/c1-4-5-12-31-36-30-18-17-25(35(34(45)41(2)3)21-26-9-8-19-43(26)46-35)20-29(30)33(44)42(31)22-23-13-15-24(16-14-23)27-10-6-7-11-28(27)32-37-39-40-38-32/h6-7,10-11,13-18,20,26H,4-5,8-9,12,19,21-22H2,1-3H3,(H,37,38,39,40)/t26-,35+/m1/s1. The number of unbranched alkanes of at least 4 members (excludes halogenated alkanes) is 1. The van der Waals surface area contributed by atoms with Crippen LogP contribution in [0.25, 0.3) is 33.4 Å². The fourth-order valence-corrected chi connectivity index (χ4v) is 6.87. The van der Waals surface area contributed by atoms with E-state index in [-0.39, 0.29) is 17.5 Å². The van der Waals surface area contributed by atoms with E-state index in [1.807, 2.05) is 59.7 Å². The lowest BCUT2D eigenvalue weighted by atomic mass is 9.86. The third-order valence-corrected chi connectivity index (χ3v) is 9.24. The average Bonchev–Trinajstić information content (AvgIpc) is 3.84. The van der Waals surface area contributed by atoms with E-state index in [0.29, 0.717) is 41.7 Å². The van der Waals surface area contributed by atoms with Crippen LogP contribution >= 0.6 is 0 Å². The van der Waals surface area contributed by atoms with Gasteiger partial charge in [0.25, 0.3) is 11.5 Å². The van der Waals surface area contributed by atoms with Crippen molar-refractivity contribution in [2.24, 2.45) is 0 Å². The van der Waals surface area contributed by atoms with Gasteiger partial charge in [0.1, 0.15) is 5.82 Å². The minimum absolute atomic E-state index is 0.115. The highest BCUT2D eigenvalue weighted by atomic mass is 16.7. The first-order chi connectivity index (χ1) is 22.4. The van der Waals surface area contributed by atoms with E-state index >= 15 is 0 Å². The van der Waals surface area contributed by atoms with E-state index in [0.717, 1.165) is 60.3 Å². The second-order valence-electron chi connectivity index (χ2n) is 12.5. The summed E-state index contributed by atoms with van der Waals surface area (Å²) < 4.78 is 1.79. The molecule has 2 fully saturated rings. The zero-order valence-corrected chi connectivity index (χ0v) is 26.4. The van der Waals surface area contributed by atoms with Gasteiger partial charge in [-0.1, -0.05) is 67.9 Å². The van der Waals surface area contributed by atoms with Crippen LogP contribution in [-0.4, -0.2) is 72.7 Å². The Morgan fingerprint density at radius 2 is 1.89 bits per heavy atom. The Balaban J connectivity index is 1.26. The summed E-state index contributed by atoms with van der Waals surface area (Å²) in [6.07, 6.45) is 5.22. The summed E-state index contributed by atoms with van der Waals surface area (Å²) in [5.41, 5.74) is 3.93. The van der Waals surface area contributed by atoms with Crippen LogP contribution in [0, 0.1) is 0 Å². The predicted molar refractivity (Wildman–Crippen MR) is 175 cm³/mol. The monoisotopic (exact) mass is 618 g/mol. The molecule has 0 unspecified atom stereocenters. The van der Waals surface area contributed by atoms with Crippen LogP contribution in [0.1, 0.15) is 56.0 Å². The second-order valence-corrected chi connectivity index (χ2v) is 12.5. The minimum atomic E-state index is -1.16. The normalized spacial score (nSPS) is 19.5. The van der Waals surface area contributed by atoms with Crippen LogP contribution in [-0.2, 0) is 28.2 Å². The van der Waals surface area contributed by atoms with Crippen molar-refractivity contribution in [2.75, 3.05) is 20.6 Å². The molecule has 11 heteroatoms. The Morgan fingerprint density at radius 3 is 2.61 bits per heavy atom. The number of fused-ring (bicyclic) bond motifs is 2. The SMILES string of the molecule is CCCCc1nc2ccc([C@]3(C(=O)N(C)C)C[C@H]4CCCN4O3)cc2c(=O)n1Cc1ccc(-c2ccccc2-c2nn[nH]n2)cc1. The number of rotatable bonds is 9. The van der Waals surface area contributed by atoms with E-state index in [4.69, 9.17) is 9.82 Å². The van der Waals surface area contributed by atoms with E-state index < -0.39 is 5.60 Å². The van der Waals surface area contributed by atoms with Gasteiger partial charge in [-0.25, -0.2) is 4.98 Å². The van der Waals surface area contributed by atoms with Crippen molar-refractivity contribution in [3.63, 3.8) is 0 Å². The van der Waals surface area contributed by atoms with Crippen LogP contribution in [0.15, 0.2) is 71.5 Å². The summed E-state index contributed by atoms with van der Waals surface area (Å²) in [6, 6.07) is 22.0. The molecule has 2 atom stereocenters. The molecule has 5 aromatic rings. The van der Waals surface area contributed by atoms with Crippen LogP contribution in [0.3, 0.4) is 0 Å². The number of amides is 1. The Labute approximate surface area is 267 Å². The number of nitrogens with one attached hydrogen (secondary N) is 1. The fraction of sp³-hybridized carbons (Fsp3) is 0.371. The van der Waals surface area contributed by atoms with Gasteiger partial charge in [0, 0.05) is 45.1 Å². The number of aryl methyl sites for hydroxylation is 1. The minimum Gasteiger partial charge on any atom is -0.346 e. The number of hydrogen-bond donors (Lipinski definition) is 1. The van der Waals surface area contributed by atoms with Crippen molar-refractivity contribution in [3.05, 3.63) is 94.0 Å². The van der Waals surface area contributed by atoms with Crippen molar-refractivity contribution < 1.29 is 9.63 Å². The number of hydrogen-bond acceptors (Lipinski definition) is 8. The summed E-state index contributed by atoms with van der Waals surface area (Å²) in [5, 5.41) is 17.0. The van der Waals surface area contributed by atoms with Crippen molar-refractivity contribution in [3.8, 4) is 22.5 Å². The Kier molecular flexibility index (Phi) is 7.95. The van der Waals surface area contributed by atoms with Crippen LogP contribution in [0.5, 0.6) is 0 Å². The quantitative estimate of drug-likeness (QED) is 0.252. The predicted octanol–water partition coefficient (Wildman–Crippen LogP) is 4.72. The van der Waals surface area contributed by atoms with Crippen LogP contribution < -0.4 is 5.56 Å². The van der Waals surface area contributed by atoms with E-state index in [1.54, 1.807) is 23.6 Å². The number of hydroxylamine groups is 2. The molecular weight excluding hydrogens is 580 g/mol. The maximum absolute atomic E-state index is 14.3. The fourth-order valence-electron chi connectivity index (χ4n) is 6.87. The molecular formula is C35H38N8O3. The number of benzene rings is 3. The summed E-state index contributed by atoms with van der Waals surface area (Å²) in [5.74, 6) is 1.18. The first kappa shape index (κ1) is 29.9. The van der Waals surface area contributed by atoms with Crippen molar-refractivity contribution in [1.82, 2.24) is 40.1 Å². The zero-order chi connectivity index (χ0) is 31.8. The lowest BCUT2D eigenvalue weighted by molar-refractivity contribution is -0.208. The van der Waals surface area contributed by atoms with Gasteiger partial charge in [0.15, 0.2) is 5.60 Å². The molecule has 0 radical (unpaired) electrons. The first-order valence-electron chi connectivity index (χ1n) is 16.0. The molecule has 0 spiro atoms. The summed E-state index contributed by atoms with van der Waals surface area (Å²) >= 11 is 0. The van der Waals surface area contributed by atoms with E-state index in [2.05, 4.69) is 39.7 Å². The molecule has 4 heterocycles. The Bertz CT molecular complexity index is 1920. The van der Waals surface area contributed by atoms with E-state index in [9.17, 15) is 9.59 Å². The third kappa shape index (κ3) is 5.29. The third-order valence-electron chi connectivity index (χ3n) is 9.24. The van der Waals surface area contributed by atoms with E-state index in [1.165, 1.54) is 0 Å². The van der Waals surface area contributed by atoms with Gasteiger partial charge in [-0.2, -0.15) is 10.3 Å². The number of carbonyl (C=O) groups is 1. The molecule has 7 rings (SSSR count). The highest BCUT2D eigenvalue weighted by Crippen LogP contribution is 2.45. The van der Waals surface area contributed by atoms with Gasteiger partial charge in [0.05, 0.1) is 17.4 Å². The molecule has 46 heavy (non-hydrogen) atoms. The van der Waals surface area contributed by atoms with Crippen molar-refractivity contribution >= 4 is 16.8 Å². The number of aromatic nitrogens is 6. The van der Waals surface area contributed by atoms with Gasteiger partial charge in [-0.05, 0) is 58.9 Å². The summed E-state index contributed by atoms with van der Waals surface area (Å²) in [4.78, 5) is 41.0. The molecule has 1 amide bonds. The molecule has 11 nitrogen and oxygen atoms in total. The number of carbonyl (C=O) groups excluding carboxylic acids is 1. The first-order valence-corrected chi connectivity index (χ1v) is 16.0. The zero-order valence-electron chi connectivity index (χ0n) is 26.4. The van der Waals surface area contributed by atoms with Crippen molar-refractivity contribution in [2.45, 2.75) is 63.6 Å². The Morgan fingerprint density at radius 1 is 1.09 bits per heavy atom.